The third-order valence-corrected chi connectivity index (χ3v) is 4.72. The molecule has 0 aliphatic rings. The number of nitrogens with zero attached hydrogens (tertiary/aromatic N) is 2. The quantitative estimate of drug-likeness (QED) is 0.327. The van der Waals surface area contributed by atoms with E-state index < -0.39 is 5.91 Å². The summed E-state index contributed by atoms with van der Waals surface area (Å²) in [4.78, 5) is 12.3. The van der Waals surface area contributed by atoms with Crippen molar-refractivity contribution >= 4 is 38.8 Å². The van der Waals surface area contributed by atoms with Crippen LogP contribution in [0.15, 0.2) is 76.3 Å². The maximum atomic E-state index is 12.3. The Labute approximate surface area is 169 Å². The molecule has 0 saturated heterocycles. The number of aromatic hydroxyl groups is 1. The first-order valence-corrected chi connectivity index (χ1v) is 9.26. The van der Waals surface area contributed by atoms with Gasteiger partial charge in [-0.2, -0.15) is 10.2 Å². The number of fused-ring (bicyclic) bond motifs is 1. The first kappa shape index (κ1) is 17.9. The van der Waals surface area contributed by atoms with Crippen LogP contribution in [-0.2, 0) is 0 Å². The van der Waals surface area contributed by atoms with Gasteiger partial charge in [0.1, 0.15) is 11.4 Å². The lowest BCUT2D eigenvalue weighted by Crippen LogP contribution is -2.18. The van der Waals surface area contributed by atoms with Crippen LogP contribution in [0.25, 0.3) is 22.0 Å². The zero-order valence-corrected chi connectivity index (χ0v) is 16.1. The molecule has 4 rings (SSSR count). The molecule has 0 atom stereocenters. The molecule has 4 aromatic rings. The summed E-state index contributed by atoms with van der Waals surface area (Å²) in [6.07, 6.45) is 1.37. The van der Waals surface area contributed by atoms with E-state index in [0.29, 0.717) is 17.0 Å². The van der Waals surface area contributed by atoms with Crippen LogP contribution in [0.4, 0.5) is 0 Å². The first-order valence-electron chi connectivity index (χ1n) is 8.47. The van der Waals surface area contributed by atoms with Crippen molar-refractivity contribution in [2.24, 2.45) is 5.10 Å². The monoisotopic (exact) mass is 434 g/mol. The molecule has 0 saturated carbocycles. The minimum Gasteiger partial charge on any atom is -0.507 e. The van der Waals surface area contributed by atoms with Crippen LogP contribution in [0.2, 0.25) is 0 Å². The molecule has 0 unspecified atom stereocenters. The number of hydrazone groups is 1. The Morgan fingerprint density at radius 3 is 2.75 bits per heavy atom. The first-order chi connectivity index (χ1) is 13.6. The standard InChI is InChI=1S/C21H15BrN4O2/c22-17-7-8-20(27)16(10-17)12-23-26-21(28)19-11-18(24-25-19)15-6-5-13-3-1-2-4-14(13)9-15/h1-12,27H,(H,24,25)(H,26,28)/b23-12-. The number of benzene rings is 3. The van der Waals surface area contributed by atoms with Crippen molar-refractivity contribution in [3.05, 3.63) is 82.5 Å². The van der Waals surface area contributed by atoms with Crippen LogP contribution >= 0.6 is 15.9 Å². The van der Waals surface area contributed by atoms with Crippen LogP contribution in [0, 0.1) is 0 Å². The number of phenolic OH excluding ortho intramolecular Hbond substituents is 1. The Balaban J connectivity index is 1.49. The zero-order chi connectivity index (χ0) is 19.5. The number of carbonyl (C=O) groups is 1. The Hall–Kier alpha value is -3.45. The second kappa shape index (κ2) is 7.66. The summed E-state index contributed by atoms with van der Waals surface area (Å²) in [7, 11) is 0. The molecule has 0 aliphatic carbocycles. The summed E-state index contributed by atoms with van der Waals surface area (Å²) in [5, 5.41) is 22.9. The van der Waals surface area contributed by atoms with Crippen molar-refractivity contribution in [1.82, 2.24) is 15.6 Å². The summed E-state index contributed by atoms with van der Waals surface area (Å²) in [6.45, 7) is 0. The number of aromatic nitrogens is 2. The predicted octanol–water partition coefficient (Wildman–Crippen LogP) is 4.46. The fraction of sp³-hybridized carbons (Fsp3) is 0. The average Bonchev–Trinajstić information content (AvgIpc) is 3.20. The van der Waals surface area contributed by atoms with E-state index in [1.165, 1.54) is 12.3 Å². The molecule has 0 aliphatic heterocycles. The molecule has 138 valence electrons. The highest BCUT2D eigenvalue weighted by atomic mass is 79.9. The fourth-order valence-corrected chi connectivity index (χ4v) is 3.16. The third kappa shape index (κ3) is 3.79. The van der Waals surface area contributed by atoms with E-state index in [0.717, 1.165) is 20.8 Å². The number of nitrogens with one attached hydrogen (secondary N) is 2. The smallest absolute Gasteiger partial charge is 0.289 e. The van der Waals surface area contributed by atoms with E-state index in [-0.39, 0.29) is 5.75 Å². The number of rotatable bonds is 4. The molecule has 1 amide bonds. The number of phenols is 1. The molecule has 3 N–H and O–H groups in total. The van der Waals surface area contributed by atoms with E-state index in [9.17, 15) is 9.90 Å². The second-order valence-corrected chi connectivity index (χ2v) is 7.05. The van der Waals surface area contributed by atoms with Crippen molar-refractivity contribution < 1.29 is 9.90 Å². The number of hydrogen-bond acceptors (Lipinski definition) is 4. The Morgan fingerprint density at radius 1 is 1.07 bits per heavy atom. The molecular formula is C21H15BrN4O2. The molecule has 0 bridgehead atoms. The summed E-state index contributed by atoms with van der Waals surface area (Å²) in [5.74, 6) is -0.355. The van der Waals surface area contributed by atoms with E-state index in [2.05, 4.69) is 36.7 Å². The summed E-state index contributed by atoms with van der Waals surface area (Å²) >= 11 is 3.32. The number of aromatic amines is 1. The van der Waals surface area contributed by atoms with Crippen LogP contribution in [-0.4, -0.2) is 27.4 Å². The summed E-state index contributed by atoms with van der Waals surface area (Å²) in [6, 6.07) is 20.7. The fourth-order valence-electron chi connectivity index (χ4n) is 2.78. The lowest BCUT2D eigenvalue weighted by molar-refractivity contribution is 0.0950. The average molecular weight is 435 g/mol. The molecule has 3 aromatic carbocycles. The van der Waals surface area contributed by atoms with Gasteiger partial charge in [-0.05, 0) is 41.1 Å². The minimum atomic E-state index is -0.426. The van der Waals surface area contributed by atoms with Gasteiger partial charge in [-0.1, -0.05) is 52.3 Å². The summed E-state index contributed by atoms with van der Waals surface area (Å²) in [5.41, 5.74) is 4.78. The lowest BCUT2D eigenvalue weighted by atomic mass is 10.1. The lowest BCUT2D eigenvalue weighted by Gasteiger charge is -2.00. The summed E-state index contributed by atoms with van der Waals surface area (Å²) < 4.78 is 0.798. The molecule has 0 radical (unpaired) electrons. The molecule has 1 heterocycles. The normalized spacial score (nSPS) is 11.2. The van der Waals surface area contributed by atoms with E-state index in [4.69, 9.17) is 0 Å². The van der Waals surface area contributed by atoms with Gasteiger partial charge in [-0.3, -0.25) is 9.89 Å². The second-order valence-electron chi connectivity index (χ2n) is 6.13. The molecular weight excluding hydrogens is 420 g/mol. The van der Waals surface area contributed by atoms with E-state index >= 15 is 0 Å². The van der Waals surface area contributed by atoms with Crippen molar-refractivity contribution in [2.45, 2.75) is 0 Å². The van der Waals surface area contributed by atoms with Gasteiger partial charge in [0.25, 0.3) is 5.91 Å². The van der Waals surface area contributed by atoms with Crippen LogP contribution < -0.4 is 5.43 Å². The Kier molecular flexibility index (Phi) is 4.90. The van der Waals surface area contributed by atoms with Crippen LogP contribution in [0.1, 0.15) is 16.1 Å². The Bertz CT molecular complexity index is 1200. The van der Waals surface area contributed by atoms with Crippen molar-refractivity contribution in [2.75, 3.05) is 0 Å². The number of hydrogen-bond donors (Lipinski definition) is 3. The van der Waals surface area contributed by atoms with E-state index in [1.807, 2.05) is 42.5 Å². The number of carbonyl (C=O) groups excluding carboxylic acids is 1. The van der Waals surface area contributed by atoms with Gasteiger partial charge in [0, 0.05) is 15.6 Å². The molecule has 6 nitrogen and oxygen atoms in total. The van der Waals surface area contributed by atoms with Crippen molar-refractivity contribution in [1.29, 1.82) is 0 Å². The number of halogens is 1. The highest BCUT2D eigenvalue weighted by Gasteiger charge is 2.11. The highest BCUT2D eigenvalue weighted by Crippen LogP contribution is 2.23. The maximum Gasteiger partial charge on any atom is 0.289 e. The van der Waals surface area contributed by atoms with Gasteiger partial charge >= 0.3 is 0 Å². The van der Waals surface area contributed by atoms with Gasteiger partial charge in [0.05, 0.1) is 11.9 Å². The SMILES string of the molecule is O=C(N/N=C\c1cc(Br)ccc1O)c1cc(-c2ccc3ccccc3c2)n[nH]1. The molecule has 28 heavy (non-hydrogen) atoms. The number of H-pyrrole nitrogens is 1. The molecule has 1 aromatic heterocycles. The van der Waals surface area contributed by atoms with Crippen molar-refractivity contribution in [3.8, 4) is 17.0 Å². The van der Waals surface area contributed by atoms with Crippen LogP contribution in [0.3, 0.4) is 0 Å². The largest absolute Gasteiger partial charge is 0.507 e. The van der Waals surface area contributed by atoms with Gasteiger partial charge in [0.15, 0.2) is 0 Å². The van der Waals surface area contributed by atoms with Crippen molar-refractivity contribution in [3.63, 3.8) is 0 Å². The van der Waals surface area contributed by atoms with Crippen LogP contribution in [0.5, 0.6) is 5.75 Å². The van der Waals surface area contributed by atoms with Gasteiger partial charge in [-0.15, -0.1) is 0 Å². The third-order valence-electron chi connectivity index (χ3n) is 4.23. The highest BCUT2D eigenvalue weighted by molar-refractivity contribution is 9.10. The van der Waals surface area contributed by atoms with Gasteiger partial charge in [0.2, 0.25) is 0 Å². The molecule has 7 heteroatoms. The van der Waals surface area contributed by atoms with Gasteiger partial charge in [-0.25, -0.2) is 5.43 Å². The minimum absolute atomic E-state index is 0.0707. The molecule has 0 spiro atoms. The topological polar surface area (TPSA) is 90.4 Å². The van der Waals surface area contributed by atoms with E-state index in [1.54, 1.807) is 18.2 Å². The van der Waals surface area contributed by atoms with Gasteiger partial charge < -0.3 is 5.11 Å². The molecule has 0 fully saturated rings. The maximum absolute atomic E-state index is 12.3. The number of amides is 1. The zero-order valence-electron chi connectivity index (χ0n) is 14.6. The predicted molar refractivity (Wildman–Crippen MR) is 112 cm³/mol. The Morgan fingerprint density at radius 2 is 1.89 bits per heavy atom.